The van der Waals surface area contributed by atoms with Crippen molar-refractivity contribution in [3.8, 4) is 11.8 Å². The van der Waals surface area contributed by atoms with Gasteiger partial charge in [-0.25, -0.2) is 9.37 Å². The van der Waals surface area contributed by atoms with Crippen LogP contribution in [0.2, 0.25) is 0 Å². The Hall–Kier alpha value is -2.02. The molecule has 0 unspecified atom stereocenters. The van der Waals surface area contributed by atoms with Gasteiger partial charge in [0, 0.05) is 0 Å². The van der Waals surface area contributed by atoms with Crippen LogP contribution in [0.4, 0.5) is 4.39 Å². The second-order valence-corrected chi connectivity index (χ2v) is 2.10. The van der Waals surface area contributed by atoms with Crippen molar-refractivity contribution in [1.29, 1.82) is 0 Å². The zero-order valence-electron chi connectivity index (χ0n) is 6.45. The van der Waals surface area contributed by atoms with Gasteiger partial charge in [-0.2, -0.15) is 0 Å². The lowest BCUT2D eigenvalue weighted by Crippen LogP contribution is -1.92. The minimum atomic E-state index is -0.702. The minimum absolute atomic E-state index is 0.120. The topological polar surface area (TPSA) is 47.0 Å². The molecule has 0 saturated heterocycles. The molecule has 3 nitrogen and oxygen atoms in total. The molecular formula is C9H4FNO2. The number of carbonyl (C=O) groups is 2. The fourth-order valence-electron chi connectivity index (χ4n) is 0.716. The van der Waals surface area contributed by atoms with Gasteiger partial charge in [-0.15, -0.1) is 0 Å². The van der Waals surface area contributed by atoms with Crippen molar-refractivity contribution in [1.82, 2.24) is 4.98 Å². The van der Waals surface area contributed by atoms with E-state index in [-0.39, 0.29) is 11.3 Å². The minimum Gasteiger partial charge on any atom is -0.298 e. The molecular weight excluding hydrogens is 173 g/mol. The fourth-order valence-corrected chi connectivity index (χ4v) is 0.716. The number of hydrogen-bond acceptors (Lipinski definition) is 3. The van der Waals surface area contributed by atoms with Crippen molar-refractivity contribution in [2.24, 2.45) is 0 Å². The van der Waals surface area contributed by atoms with Crippen molar-refractivity contribution in [3.05, 3.63) is 29.3 Å². The highest BCUT2D eigenvalue weighted by atomic mass is 19.1. The molecule has 0 aliphatic heterocycles. The van der Waals surface area contributed by atoms with E-state index < -0.39 is 5.82 Å². The Labute approximate surface area is 73.6 Å². The molecule has 0 aliphatic carbocycles. The van der Waals surface area contributed by atoms with Crippen LogP contribution in [-0.2, 0) is 4.79 Å². The van der Waals surface area contributed by atoms with Crippen LogP contribution in [0.3, 0.4) is 0 Å². The van der Waals surface area contributed by atoms with E-state index in [0.29, 0.717) is 12.6 Å². The molecule has 0 amide bonds. The maximum atomic E-state index is 12.7. The van der Waals surface area contributed by atoms with Crippen LogP contribution in [0.1, 0.15) is 16.1 Å². The summed E-state index contributed by atoms with van der Waals surface area (Å²) >= 11 is 0. The summed E-state index contributed by atoms with van der Waals surface area (Å²) in [5.41, 5.74) is 0.0702. The number of halogens is 1. The van der Waals surface area contributed by atoms with Crippen molar-refractivity contribution in [2.45, 2.75) is 0 Å². The highest BCUT2D eigenvalue weighted by molar-refractivity contribution is 5.76. The summed E-state index contributed by atoms with van der Waals surface area (Å²) in [5.74, 6) is 3.74. The zero-order chi connectivity index (χ0) is 9.68. The van der Waals surface area contributed by atoms with E-state index in [9.17, 15) is 14.0 Å². The van der Waals surface area contributed by atoms with Crippen LogP contribution in [0.25, 0.3) is 0 Å². The van der Waals surface area contributed by atoms with E-state index in [1.807, 2.05) is 0 Å². The maximum absolute atomic E-state index is 12.7. The standard InChI is InChI=1S/C9H4FNO2/c10-9-5-11-8(2-1-3-12)4-7(9)6-13/h3-6H. The number of aldehydes is 2. The van der Waals surface area contributed by atoms with Gasteiger partial charge in [-0.1, -0.05) is 0 Å². The van der Waals surface area contributed by atoms with E-state index in [1.165, 1.54) is 6.07 Å². The highest BCUT2D eigenvalue weighted by Gasteiger charge is 2.01. The third kappa shape index (κ3) is 2.20. The van der Waals surface area contributed by atoms with E-state index in [4.69, 9.17) is 0 Å². The summed E-state index contributed by atoms with van der Waals surface area (Å²) in [4.78, 5) is 23.7. The normalized spacial score (nSPS) is 8.38. The molecule has 0 aliphatic rings. The van der Waals surface area contributed by atoms with Crippen LogP contribution in [0, 0.1) is 17.7 Å². The molecule has 1 rings (SSSR count). The largest absolute Gasteiger partial charge is 0.298 e. The summed E-state index contributed by atoms with van der Waals surface area (Å²) in [7, 11) is 0. The van der Waals surface area contributed by atoms with Gasteiger partial charge in [0.05, 0.1) is 11.8 Å². The van der Waals surface area contributed by atoms with E-state index in [0.717, 1.165) is 6.20 Å². The molecule has 0 aromatic carbocycles. The Morgan fingerprint density at radius 3 is 2.85 bits per heavy atom. The lowest BCUT2D eigenvalue weighted by atomic mass is 10.2. The lowest BCUT2D eigenvalue weighted by Gasteiger charge is -1.93. The number of nitrogens with zero attached hydrogens (tertiary/aromatic N) is 1. The van der Waals surface area contributed by atoms with Crippen LogP contribution < -0.4 is 0 Å². The summed E-state index contributed by atoms with van der Waals surface area (Å²) in [6.45, 7) is 0. The molecule has 13 heavy (non-hydrogen) atoms. The molecule has 0 spiro atoms. The van der Waals surface area contributed by atoms with Crippen LogP contribution >= 0.6 is 0 Å². The summed E-state index contributed by atoms with van der Waals surface area (Å²) in [5, 5.41) is 0. The third-order valence-corrected chi connectivity index (χ3v) is 1.27. The second kappa shape index (κ2) is 4.12. The Morgan fingerprint density at radius 1 is 1.46 bits per heavy atom. The molecule has 1 aromatic rings. The van der Waals surface area contributed by atoms with Gasteiger partial charge in [-0.3, -0.25) is 9.59 Å². The Morgan fingerprint density at radius 2 is 2.23 bits per heavy atom. The van der Waals surface area contributed by atoms with E-state index in [1.54, 1.807) is 0 Å². The van der Waals surface area contributed by atoms with Gasteiger partial charge >= 0.3 is 0 Å². The predicted octanol–water partition coefficient (Wildman–Crippen LogP) is 0.584. The summed E-state index contributed by atoms with van der Waals surface area (Å²) in [6, 6.07) is 1.18. The third-order valence-electron chi connectivity index (χ3n) is 1.27. The molecule has 1 aromatic heterocycles. The first-order valence-corrected chi connectivity index (χ1v) is 3.34. The van der Waals surface area contributed by atoms with Gasteiger partial charge in [-0.05, 0) is 17.9 Å². The summed E-state index contributed by atoms with van der Waals surface area (Å²) in [6.07, 6.45) is 1.65. The predicted molar refractivity (Wildman–Crippen MR) is 42.5 cm³/mol. The molecule has 0 fully saturated rings. The van der Waals surface area contributed by atoms with Gasteiger partial charge in [0.1, 0.15) is 5.69 Å². The Kier molecular flexibility index (Phi) is 2.87. The van der Waals surface area contributed by atoms with Crippen LogP contribution in [0.15, 0.2) is 12.3 Å². The van der Waals surface area contributed by atoms with E-state index >= 15 is 0 Å². The average molecular weight is 177 g/mol. The van der Waals surface area contributed by atoms with Crippen molar-refractivity contribution in [3.63, 3.8) is 0 Å². The van der Waals surface area contributed by atoms with Crippen molar-refractivity contribution in [2.75, 3.05) is 0 Å². The SMILES string of the molecule is O=CC#Cc1cc(C=O)c(F)cn1. The average Bonchev–Trinajstić information content (AvgIpc) is 2.16. The Bertz CT molecular complexity index is 404. The van der Waals surface area contributed by atoms with Gasteiger partial charge in [0.25, 0.3) is 0 Å². The highest BCUT2D eigenvalue weighted by Crippen LogP contribution is 2.03. The lowest BCUT2D eigenvalue weighted by molar-refractivity contribution is -0.103. The van der Waals surface area contributed by atoms with E-state index in [2.05, 4.69) is 16.8 Å². The van der Waals surface area contributed by atoms with Gasteiger partial charge in [0.2, 0.25) is 0 Å². The van der Waals surface area contributed by atoms with Gasteiger partial charge in [0.15, 0.2) is 18.4 Å². The number of hydrogen-bond donors (Lipinski definition) is 0. The van der Waals surface area contributed by atoms with Gasteiger partial charge < -0.3 is 0 Å². The smallest absolute Gasteiger partial charge is 0.193 e. The fraction of sp³-hybridized carbons (Fsp3) is 0. The van der Waals surface area contributed by atoms with Crippen LogP contribution in [0.5, 0.6) is 0 Å². The Balaban J connectivity index is 3.13. The molecule has 0 saturated carbocycles. The first kappa shape index (κ1) is 9.07. The molecule has 0 radical (unpaired) electrons. The number of rotatable bonds is 1. The number of aromatic nitrogens is 1. The first-order valence-electron chi connectivity index (χ1n) is 3.34. The zero-order valence-corrected chi connectivity index (χ0v) is 6.45. The maximum Gasteiger partial charge on any atom is 0.193 e. The molecule has 1 heterocycles. The second-order valence-electron chi connectivity index (χ2n) is 2.10. The quantitative estimate of drug-likeness (QED) is 0.465. The molecule has 0 atom stereocenters. The molecule has 0 bridgehead atoms. The summed E-state index contributed by atoms with van der Waals surface area (Å²) < 4.78 is 12.7. The van der Waals surface area contributed by atoms with Crippen molar-refractivity contribution >= 4 is 12.6 Å². The monoisotopic (exact) mass is 177 g/mol. The molecule has 0 N–H and O–H groups in total. The van der Waals surface area contributed by atoms with Crippen molar-refractivity contribution < 1.29 is 14.0 Å². The van der Waals surface area contributed by atoms with Crippen LogP contribution in [-0.4, -0.2) is 17.6 Å². The number of carbonyl (C=O) groups excluding carboxylic acids is 2. The molecule has 4 heteroatoms. The number of pyridine rings is 1. The molecule has 64 valence electrons. The first-order chi connectivity index (χ1) is 6.27.